The SMILES string of the molecule is CC1(C)CSCCN1C1CCCNC1. The van der Waals surface area contributed by atoms with Crippen LogP contribution in [0, 0.1) is 0 Å². The van der Waals surface area contributed by atoms with Gasteiger partial charge in [0, 0.05) is 36.2 Å². The van der Waals surface area contributed by atoms with Gasteiger partial charge >= 0.3 is 0 Å². The average Bonchev–Trinajstić information content (AvgIpc) is 2.18. The Morgan fingerprint density at radius 3 is 2.93 bits per heavy atom. The third-order valence-electron chi connectivity index (χ3n) is 3.42. The van der Waals surface area contributed by atoms with Crippen molar-refractivity contribution in [2.45, 2.75) is 38.3 Å². The third kappa shape index (κ3) is 2.26. The van der Waals surface area contributed by atoms with E-state index in [1.54, 1.807) is 0 Å². The van der Waals surface area contributed by atoms with E-state index in [9.17, 15) is 0 Å². The molecule has 0 radical (unpaired) electrons. The molecule has 0 saturated carbocycles. The molecule has 2 heterocycles. The molecule has 2 nitrogen and oxygen atoms in total. The number of nitrogens with zero attached hydrogens (tertiary/aromatic N) is 1. The van der Waals surface area contributed by atoms with Crippen molar-refractivity contribution in [3.05, 3.63) is 0 Å². The van der Waals surface area contributed by atoms with Crippen LogP contribution in [0.5, 0.6) is 0 Å². The van der Waals surface area contributed by atoms with Gasteiger partial charge in [-0.3, -0.25) is 4.90 Å². The molecule has 1 unspecified atom stereocenters. The Morgan fingerprint density at radius 1 is 1.43 bits per heavy atom. The summed E-state index contributed by atoms with van der Waals surface area (Å²) >= 11 is 2.11. The van der Waals surface area contributed by atoms with Crippen LogP contribution in [0.4, 0.5) is 0 Å². The van der Waals surface area contributed by atoms with Crippen LogP contribution >= 0.6 is 11.8 Å². The number of thioether (sulfide) groups is 1. The molecule has 1 atom stereocenters. The molecule has 2 aliphatic rings. The van der Waals surface area contributed by atoms with Crippen LogP contribution in [0.15, 0.2) is 0 Å². The van der Waals surface area contributed by atoms with E-state index in [1.807, 2.05) is 0 Å². The molecular formula is C11H22N2S. The zero-order chi connectivity index (χ0) is 10.0. The van der Waals surface area contributed by atoms with Crippen LogP contribution in [-0.4, -0.2) is 47.6 Å². The van der Waals surface area contributed by atoms with E-state index in [0.717, 1.165) is 6.04 Å². The van der Waals surface area contributed by atoms with Crippen molar-refractivity contribution < 1.29 is 0 Å². The van der Waals surface area contributed by atoms with Gasteiger partial charge in [0.15, 0.2) is 0 Å². The standard InChI is InChI=1S/C11H22N2S/c1-11(2)9-14-7-6-13(11)10-4-3-5-12-8-10/h10,12H,3-9H2,1-2H3. The van der Waals surface area contributed by atoms with Crippen molar-refractivity contribution in [2.75, 3.05) is 31.1 Å². The first kappa shape index (κ1) is 10.8. The van der Waals surface area contributed by atoms with Crippen molar-refractivity contribution in [2.24, 2.45) is 0 Å². The zero-order valence-electron chi connectivity index (χ0n) is 9.38. The highest BCUT2D eigenvalue weighted by Gasteiger charge is 2.35. The summed E-state index contributed by atoms with van der Waals surface area (Å²) in [5, 5.41) is 3.52. The maximum absolute atomic E-state index is 3.52. The molecule has 0 aliphatic carbocycles. The second kappa shape index (κ2) is 4.42. The Hall–Kier alpha value is 0.270. The second-order valence-electron chi connectivity index (χ2n) is 5.06. The molecule has 14 heavy (non-hydrogen) atoms. The van der Waals surface area contributed by atoms with Gasteiger partial charge in [-0.15, -0.1) is 0 Å². The first-order valence-electron chi connectivity index (χ1n) is 5.75. The molecular weight excluding hydrogens is 192 g/mol. The van der Waals surface area contributed by atoms with Gasteiger partial charge < -0.3 is 5.32 Å². The highest BCUT2D eigenvalue weighted by Crippen LogP contribution is 2.29. The van der Waals surface area contributed by atoms with Crippen molar-refractivity contribution in [1.82, 2.24) is 10.2 Å². The first-order chi connectivity index (χ1) is 6.70. The minimum absolute atomic E-state index is 0.409. The summed E-state index contributed by atoms with van der Waals surface area (Å²) in [7, 11) is 0. The summed E-state index contributed by atoms with van der Waals surface area (Å²) in [6, 6.07) is 0.791. The lowest BCUT2D eigenvalue weighted by Gasteiger charge is -2.48. The molecule has 0 aromatic heterocycles. The topological polar surface area (TPSA) is 15.3 Å². The molecule has 2 aliphatic heterocycles. The molecule has 0 spiro atoms. The van der Waals surface area contributed by atoms with Gasteiger partial charge in [-0.2, -0.15) is 11.8 Å². The number of hydrogen-bond donors (Lipinski definition) is 1. The van der Waals surface area contributed by atoms with Crippen molar-refractivity contribution >= 4 is 11.8 Å². The molecule has 3 heteroatoms. The summed E-state index contributed by atoms with van der Waals surface area (Å²) in [5.74, 6) is 2.61. The maximum Gasteiger partial charge on any atom is 0.0247 e. The predicted octanol–water partition coefficient (Wildman–Crippen LogP) is 1.57. The van der Waals surface area contributed by atoms with Crippen molar-refractivity contribution in [1.29, 1.82) is 0 Å². The van der Waals surface area contributed by atoms with E-state index < -0.39 is 0 Å². The summed E-state index contributed by atoms with van der Waals surface area (Å²) in [6.45, 7) is 8.50. The third-order valence-corrected chi connectivity index (χ3v) is 4.80. The Balaban J connectivity index is 1.99. The van der Waals surface area contributed by atoms with Crippen LogP contribution in [0.3, 0.4) is 0 Å². The molecule has 1 N–H and O–H groups in total. The smallest absolute Gasteiger partial charge is 0.0247 e. The highest BCUT2D eigenvalue weighted by atomic mass is 32.2. The fourth-order valence-electron chi connectivity index (χ4n) is 2.65. The van der Waals surface area contributed by atoms with Gasteiger partial charge in [-0.1, -0.05) is 0 Å². The molecule has 0 bridgehead atoms. The van der Waals surface area contributed by atoms with Crippen LogP contribution < -0.4 is 5.32 Å². The molecule has 0 aromatic rings. The highest BCUT2D eigenvalue weighted by molar-refractivity contribution is 7.99. The monoisotopic (exact) mass is 214 g/mol. The zero-order valence-corrected chi connectivity index (χ0v) is 10.2. The van der Waals surface area contributed by atoms with E-state index in [2.05, 4.69) is 35.8 Å². The molecule has 2 saturated heterocycles. The quantitative estimate of drug-likeness (QED) is 0.713. The van der Waals surface area contributed by atoms with Gasteiger partial charge in [0.2, 0.25) is 0 Å². The lowest BCUT2D eigenvalue weighted by atomic mass is 9.97. The average molecular weight is 214 g/mol. The largest absolute Gasteiger partial charge is 0.315 e. The Morgan fingerprint density at radius 2 is 2.29 bits per heavy atom. The summed E-state index contributed by atoms with van der Waals surface area (Å²) in [4.78, 5) is 2.73. The summed E-state index contributed by atoms with van der Waals surface area (Å²) < 4.78 is 0. The molecule has 0 amide bonds. The molecule has 2 rings (SSSR count). The lowest BCUT2D eigenvalue weighted by molar-refractivity contribution is 0.0732. The normalized spacial score (nSPS) is 34.3. The van der Waals surface area contributed by atoms with Crippen molar-refractivity contribution in [3.8, 4) is 0 Å². The van der Waals surface area contributed by atoms with Crippen LogP contribution in [0.1, 0.15) is 26.7 Å². The van der Waals surface area contributed by atoms with Crippen LogP contribution in [0.25, 0.3) is 0 Å². The number of rotatable bonds is 1. The molecule has 2 fully saturated rings. The predicted molar refractivity (Wildman–Crippen MR) is 64.0 cm³/mol. The van der Waals surface area contributed by atoms with Gasteiger partial charge in [0.05, 0.1) is 0 Å². The van der Waals surface area contributed by atoms with Gasteiger partial charge in [0.1, 0.15) is 0 Å². The van der Waals surface area contributed by atoms with E-state index in [4.69, 9.17) is 0 Å². The fourth-order valence-corrected chi connectivity index (χ4v) is 3.78. The minimum Gasteiger partial charge on any atom is -0.315 e. The van der Waals surface area contributed by atoms with Gasteiger partial charge in [-0.25, -0.2) is 0 Å². The van der Waals surface area contributed by atoms with Crippen molar-refractivity contribution in [3.63, 3.8) is 0 Å². The lowest BCUT2D eigenvalue weighted by Crippen LogP contribution is -2.58. The number of nitrogens with one attached hydrogen (secondary N) is 1. The van der Waals surface area contributed by atoms with Crippen LogP contribution in [-0.2, 0) is 0 Å². The van der Waals surface area contributed by atoms with Gasteiger partial charge in [0.25, 0.3) is 0 Å². The second-order valence-corrected chi connectivity index (χ2v) is 6.16. The van der Waals surface area contributed by atoms with E-state index in [1.165, 1.54) is 44.0 Å². The fraction of sp³-hybridized carbons (Fsp3) is 1.00. The maximum atomic E-state index is 3.52. The molecule has 0 aromatic carbocycles. The number of hydrogen-bond acceptors (Lipinski definition) is 3. The summed E-state index contributed by atoms with van der Waals surface area (Å²) in [6.07, 6.45) is 2.74. The Labute approximate surface area is 91.8 Å². The van der Waals surface area contributed by atoms with Gasteiger partial charge in [-0.05, 0) is 33.2 Å². The summed E-state index contributed by atoms with van der Waals surface area (Å²) in [5.41, 5.74) is 0.409. The van der Waals surface area contributed by atoms with E-state index in [-0.39, 0.29) is 0 Å². The Bertz CT molecular complexity index is 188. The molecule has 82 valence electrons. The minimum atomic E-state index is 0.409. The van der Waals surface area contributed by atoms with E-state index in [0.29, 0.717) is 5.54 Å². The van der Waals surface area contributed by atoms with E-state index >= 15 is 0 Å². The van der Waals surface area contributed by atoms with Crippen LogP contribution in [0.2, 0.25) is 0 Å². The Kier molecular flexibility index (Phi) is 3.40. The number of piperidine rings is 1. The first-order valence-corrected chi connectivity index (χ1v) is 6.91.